The molecular formula is C15H20O4S. The molecule has 0 aromatic heterocycles. The molecule has 0 aliphatic heterocycles. The van der Waals surface area contributed by atoms with Gasteiger partial charge in [-0.2, -0.15) is 0 Å². The van der Waals surface area contributed by atoms with Crippen molar-refractivity contribution in [3.05, 3.63) is 47.5 Å². The number of aliphatic hydroxyl groups excluding tert-OH is 1. The van der Waals surface area contributed by atoms with Gasteiger partial charge in [0.05, 0.1) is 11.4 Å². The van der Waals surface area contributed by atoms with Gasteiger partial charge >= 0.3 is 0 Å². The zero-order chi connectivity index (χ0) is 15.3. The predicted octanol–water partition coefficient (Wildman–Crippen LogP) is 2.00. The van der Waals surface area contributed by atoms with E-state index in [-0.39, 0.29) is 12.2 Å². The maximum absolute atomic E-state index is 11.9. The fraction of sp³-hybridized carbons (Fsp3) is 0.400. The van der Waals surface area contributed by atoms with Crippen molar-refractivity contribution in [3.63, 3.8) is 0 Å². The number of aliphatic hydroxyl groups is 1. The summed E-state index contributed by atoms with van der Waals surface area (Å²) in [5.74, 6) is -0.169. The molecule has 5 heteroatoms. The van der Waals surface area contributed by atoms with Crippen LogP contribution in [-0.4, -0.2) is 36.9 Å². The van der Waals surface area contributed by atoms with E-state index in [0.29, 0.717) is 11.1 Å². The minimum Gasteiger partial charge on any atom is -0.388 e. The first-order valence-electron chi connectivity index (χ1n) is 6.35. The van der Waals surface area contributed by atoms with Gasteiger partial charge in [-0.15, -0.1) is 0 Å². The lowest BCUT2D eigenvalue weighted by Gasteiger charge is -2.13. The van der Waals surface area contributed by atoms with Crippen LogP contribution in [0.3, 0.4) is 0 Å². The minimum atomic E-state index is -3.18. The van der Waals surface area contributed by atoms with Gasteiger partial charge in [0.25, 0.3) is 0 Å². The maximum atomic E-state index is 11.9. The average Bonchev–Trinajstić information content (AvgIpc) is 2.38. The van der Waals surface area contributed by atoms with Crippen LogP contribution >= 0.6 is 0 Å². The summed E-state index contributed by atoms with van der Waals surface area (Å²) in [5.41, 5.74) is 1.03. The van der Waals surface area contributed by atoms with Gasteiger partial charge in [0, 0.05) is 18.2 Å². The highest BCUT2D eigenvalue weighted by molar-refractivity contribution is 7.91. The molecule has 0 saturated heterocycles. The van der Waals surface area contributed by atoms with E-state index in [1.807, 2.05) is 6.07 Å². The van der Waals surface area contributed by atoms with E-state index < -0.39 is 21.2 Å². The van der Waals surface area contributed by atoms with E-state index >= 15 is 0 Å². The van der Waals surface area contributed by atoms with Gasteiger partial charge in [0.1, 0.15) is 0 Å². The van der Waals surface area contributed by atoms with Crippen LogP contribution < -0.4 is 0 Å². The third-order valence-corrected chi connectivity index (χ3v) is 4.66. The molecule has 1 aromatic rings. The highest BCUT2D eigenvalue weighted by Crippen LogP contribution is 2.13. The highest BCUT2D eigenvalue weighted by Gasteiger charge is 2.17. The molecule has 20 heavy (non-hydrogen) atoms. The first-order valence-corrected chi connectivity index (χ1v) is 8.30. The Kier molecular flexibility index (Phi) is 5.65. The number of sulfone groups is 1. The Morgan fingerprint density at radius 2 is 1.85 bits per heavy atom. The third-order valence-electron chi connectivity index (χ3n) is 3.17. The molecule has 0 fully saturated rings. The average molecular weight is 296 g/mol. The lowest BCUT2D eigenvalue weighted by atomic mass is 10.0. The summed E-state index contributed by atoms with van der Waals surface area (Å²) in [7, 11) is -3.18. The molecule has 2 atom stereocenters. The molecule has 0 radical (unpaired) electrons. The summed E-state index contributed by atoms with van der Waals surface area (Å²) in [6.07, 6.45) is 1.61. The van der Waals surface area contributed by atoms with Crippen molar-refractivity contribution >= 4 is 15.6 Å². The standard InChI is InChI=1S/C15H20O4S/c1-11(9-12(2)20(3,18)19)14(16)10-15(17)13-7-5-4-6-8-13/h4-9,12,14,16H,10H2,1-3H3/b11-9-/t12-,14+/m0/s1. The van der Waals surface area contributed by atoms with Gasteiger partial charge in [-0.05, 0) is 19.4 Å². The zero-order valence-electron chi connectivity index (χ0n) is 11.9. The molecule has 0 aliphatic carbocycles. The molecule has 110 valence electrons. The van der Waals surface area contributed by atoms with Crippen LogP contribution in [0.15, 0.2) is 42.0 Å². The second-order valence-electron chi connectivity index (χ2n) is 4.95. The van der Waals surface area contributed by atoms with Gasteiger partial charge in [-0.1, -0.05) is 36.4 Å². The van der Waals surface area contributed by atoms with Crippen molar-refractivity contribution in [1.29, 1.82) is 0 Å². The maximum Gasteiger partial charge on any atom is 0.165 e. The van der Waals surface area contributed by atoms with E-state index in [2.05, 4.69) is 0 Å². The number of carbonyl (C=O) groups is 1. The monoisotopic (exact) mass is 296 g/mol. The van der Waals surface area contributed by atoms with Crippen LogP contribution in [0, 0.1) is 0 Å². The summed E-state index contributed by atoms with van der Waals surface area (Å²) < 4.78 is 22.7. The molecule has 0 aliphatic rings. The van der Waals surface area contributed by atoms with E-state index in [0.717, 1.165) is 6.26 Å². The van der Waals surface area contributed by atoms with Crippen molar-refractivity contribution < 1.29 is 18.3 Å². The van der Waals surface area contributed by atoms with Crippen molar-refractivity contribution in [3.8, 4) is 0 Å². The first-order chi connectivity index (χ1) is 9.21. The largest absolute Gasteiger partial charge is 0.388 e. The van der Waals surface area contributed by atoms with E-state index in [4.69, 9.17) is 0 Å². The molecule has 1 N–H and O–H groups in total. The summed E-state index contributed by atoms with van der Waals surface area (Å²) in [6, 6.07) is 8.70. The van der Waals surface area contributed by atoms with Crippen LogP contribution in [0.4, 0.5) is 0 Å². The van der Waals surface area contributed by atoms with E-state index in [1.165, 1.54) is 6.08 Å². The fourth-order valence-corrected chi connectivity index (χ4v) is 2.15. The number of rotatable bonds is 6. The summed E-state index contributed by atoms with van der Waals surface area (Å²) in [6.45, 7) is 3.18. The quantitative estimate of drug-likeness (QED) is 0.644. The highest BCUT2D eigenvalue weighted by atomic mass is 32.2. The van der Waals surface area contributed by atoms with E-state index in [1.54, 1.807) is 38.1 Å². The lowest BCUT2D eigenvalue weighted by molar-refractivity contribution is 0.0914. The molecule has 4 nitrogen and oxygen atoms in total. The van der Waals surface area contributed by atoms with Crippen LogP contribution in [0.2, 0.25) is 0 Å². The Labute approximate surface area is 120 Å². The second kappa shape index (κ2) is 6.81. The number of benzene rings is 1. The fourth-order valence-electron chi connectivity index (χ4n) is 1.68. The Morgan fingerprint density at radius 1 is 1.30 bits per heavy atom. The van der Waals surface area contributed by atoms with Gasteiger partial charge in [-0.3, -0.25) is 4.79 Å². The Bertz CT molecular complexity index is 588. The smallest absolute Gasteiger partial charge is 0.165 e. The molecule has 0 unspecified atom stereocenters. The number of ketones is 1. The number of hydrogen-bond acceptors (Lipinski definition) is 4. The number of Topliss-reactive ketones (excluding diaryl/α,β-unsaturated/α-hetero) is 1. The van der Waals surface area contributed by atoms with Crippen LogP contribution in [0.5, 0.6) is 0 Å². The van der Waals surface area contributed by atoms with Crippen molar-refractivity contribution in [1.82, 2.24) is 0 Å². The lowest BCUT2D eigenvalue weighted by Crippen LogP contribution is -2.19. The molecule has 1 aromatic carbocycles. The number of carbonyl (C=O) groups excluding carboxylic acids is 1. The van der Waals surface area contributed by atoms with Gasteiger partial charge in [0.2, 0.25) is 0 Å². The predicted molar refractivity (Wildman–Crippen MR) is 79.5 cm³/mol. The normalized spacial score (nSPS) is 15.7. The molecule has 0 bridgehead atoms. The number of hydrogen-bond donors (Lipinski definition) is 1. The van der Waals surface area contributed by atoms with Gasteiger partial charge in [0.15, 0.2) is 15.6 Å². The molecule has 0 heterocycles. The topological polar surface area (TPSA) is 71.4 Å². The van der Waals surface area contributed by atoms with Crippen LogP contribution in [-0.2, 0) is 9.84 Å². The molecular weight excluding hydrogens is 276 g/mol. The SMILES string of the molecule is C/C(=C/[C@H](C)S(C)(=O)=O)[C@H](O)CC(=O)c1ccccc1. The molecule has 0 amide bonds. The Hall–Kier alpha value is -1.46. The van der Waals surface area contributed by atoms with E-state index in [9.17, 15) is 18.3 Å². The summed E-state index contributed by atoms with van der Waals surface area (Å²) in [4.78, 5) is 11.9. The van der Waals surface area contributed by atoms with Gasteiger partial charge < -0.3 is 5.11 Å². The second-order valence-corrected chi connectivity index (χ2v) is 7.36. The third kappa shape index (κ3) is 4.90. The van der Waals surface area contributed by atoms with Crippen molar-refractivity contribution in [2.75, 3.05) is 6.26 Å². The molecule has 0 spiro atoms. The Morgan fingerprint density at radius 3 is 2.35 bits per heavy atom. The minimum absolute atomic E-state index is 0.0527. The molecule has 0 saturated carbocycles. The van der Waals surface area contributed by atoms with Crippen LogP contribution in [0.1, 0.15) is 30.6 Å². The van der Waals surface area contributed by atoms with Crippen LogP contribution in [0.25, 0.3) is 0 Å². The zero-order valence-corrected chi connectivity index (χ0v) is 12.7. The van der Waals surface area contributed by atoms with Crippen molar-refractivity contribution in [2.24, 2.45) is 0 Å². The first kappa shape index (κ1) is 16.6. The van der Waals surface area contributed by atoms with Gasteiger partial charge in [-0.25, -0.2) is 8.42 Å². The Balaban J connectivity index is 2.74. The van der Waals surface area contributed by atoms with Crippen molar-refractivity contribution in [2.45, 2.75) is 31.6 Å². The summed E-state index contributed by atoms with van der Waals surface area (Å²) >= 11 is 0. The summed E-state index contributed by atoms with van der Waals surface area (Å²) in [5, 5.41) is 9.30. The molecule has 1 rings (SSSR count).